The van der Waals surface area contributed by atoms with E-state index in [-0.39, 0.29) is 18.1 Å². The van der Waals surface area contributed by atoms with Crippen molar-refractivity contribution in [3.05, 3.63) is 23.9 Å². The van der Waals surface area contributed by atoms with Crippen LogP contribution in [0.5, 0.6) is 0 Å². The Bertz CT molecular complexity index is 430. The molecular formula is C14H21N3O2. The molecular weight excluding hydrogens is 242 g/mol. The molecule has 0 spiro atoms. The van der Waals surface area contributed by atoms with Gasteiger partial charge in [-0.05, 0) is 31.4 Å². The number of carbonyl (C=O) groups is 1. The van der Waals surface area contributed by atoms with Gasteiger partial charge in [-0.3, -0.25) is 4.79 Å². The predicted molar refractivity (Wildman–Crippen MR) is 74.3 cm³/mol. The molecule has 1 aromatic rings. The first kappa shape index (κ1) is 13.8. The number of anilines is 1. The normalized spacial score (nSPS) is 21.6. The number of nitrogens with zero attached hydrogens (tertiary/aromatic N) is 1. The highest BCUT2D eigenvalue weighted by molar-refractivity contribution is 5.92. The first-order chi connectivity index (χ1) is 9.22. The van der Waals surface area contributed by atoms with Crippen LogP contribution in [0.4, 0.5) is 5.82 Å². The van der Waals surface area contributed by atoms with E-state index in [1.54, 1.807) is 13.2 Å². The topological polar surface area (TPSA) is 63.2 Å². The highest BCUT2D eigenvalue weighted by Crippen LogP contribution is 2.22. The summed E-state index contributed by atoms with van der Waals surface area (Å²) in [6, 6.07) is 5.67. The van der Waals surface area contributed by atoms with E-state index in [1.165, 1.54) is 0 Å². The summed E-state index contributed by atoms with van der Waals surface area (Å²) in [6.45, 7) is 2.95. The highest BCUT2D eigenvalue weighted by atomic mass is 16.5. The number of hydrogen-bond donors (Lipinski definition) is 2. The molecule has 5 heteroatoms. The Balaban J connectivity index is 1.88. The molecule has 0 unspecified atom stereocenters. The van der Waals surface area contributed by atoms with Gasteiger partial charge in [0.1, 0.15) is 11.5 Å². The zero-order chi connectivity index (χ0) is 13.7. The lowest BCUT2D eigenvalue weighted by Gasteiger charge is -2.34. The van der Waals surface area contributed by atoms with Crippen molar-refractivity contribution in [3.8, 4) is 0 Å². The molecule has 0 aromatic carbocycles. The minimum absolute atomic E-state index is 0.111. The van der Waals surface area contributed by atoms with Crippen molar-refractivity contribution >= 4 is 11.7 Å². The van der Waals surface area contributed by atoms with E-state index in [0.717, 1.165) is 31.6 Å². The highest BCUT2D eigenvalue weighted by Gasteiger charge is 2.30. The lowest BCUT2D eigenvalue weighted by atomic mass is 9.89. The van der Waals surface area contributed by atoms with E-state index in [4.69, 9.17) is 4.74 Å². The number of amides is 1. The number of ether oxygens (including phenoxy) is 1. The number of rotatable bonds is 6. The van der Waals surface area contributed by atoms with Crippen LogP contribution in [0, 0.1) is 0 Å². The zero-order valence-electron chi connectivity index (χ0n) is 11.5. The van der Waals surface area contributed by atoms with Gasteiger partial charge in [0.05, 0.1) is 6.10 Å². The molecule has 2 rings (SSSR count). The molecule has 1 aliphatic rings. The lowest BCUT2D eigenvalue weighted by molar-refractivity contribution is 0.0175. The van der Waals surface area contributed by atoms with Crippen molar-refractivity contribution in [2.75, 3.05) is 19.0 Å². The third kappa shape index (κ3) is 3.67. The van der Waals surface area contributed by atoms with Gasteiger partial charge in [-0.1, -0.05) is 13.0 Å². The van der Waals surface area contributed by atoms with E-state index in [0.29, 0.717) is 5.69 Å². The van der Waals surface area contributed by atoms with Crippen molar-refractivity contribution in [1.29, 1.82) is 0 Å². The molecule has 1 heterocycles. The minimum Gasteiger partial charge on any atom is -0.381 e. The van der Waals surface area contributed by atoms with Gasteiger partial charge in [0, 0.05) is 19.7 Å². The van der Waals surface area contributed by atoms with Crippen LogP contribution in [0.25, 0.3) is 0 Å². The zero-order valence-corrected chi connectivity index (χ0v) is 11.5. The van der Waals surface area contributed by atoms with Gasteiger partial charge in [0.15, 0.2) is 0 Å². The summed E-state index contributed by atoms with van der Waals surface area (Å²) in [5.41, 5.74) is 0.460. The molecule has 1 aromatic heterocycles. The van der Waals surface area contributed by atoms with Crippen LogP contribution in [-0.4, -0.2) is 36.7 Å². The van der Waals surface area contributed by atoms with Crippen LogP contribution in [-0.2, 0) is 4.74 Å². The Labute approximate surface area is 113 Å². The molecule has 5 nitrogen and oxygen atoms in total. The Kier molecular flexibility index (Phi) is 4.74. The van der Waals surface area contributed by atoms with Crippen molar-refractivity contribution < 1.29 is 9.53 Å². The second kappa shape index (κ2) is 6.52. The van der Waals surface area contributed by atoms with Crippen LogP contribution in [0.2, 0.25) is 0 Å². The molecule has 0 saturated heterocycles. The van der Waals surface area contributed by atoms with Crippen LogP contribution in [0.1, 0.15) is 36.7 Å². The number of methoxy groups -OCH3 is 1. The molecule has 104 valence electrons. The van der Waals surface area contributed by atoms with Gasteiger partial charge in [0.2, 0.25) is 0 Å². The predicted octanol–water partition coefficient (Wildman–Crippen LogP) is 1.81. The standard InChI is InChI=1S/C14H21N3O2/c1-3-7-15-13-6-4-5-12(17-13)14(18)16-10-8-11(9-10)19-2/h4-6,10-11H,3,7-9H2,1-2H3,(H,15,17)(H,16,18). The molecule has 0 radical (unpaired) electrons. The maximum Gasteiger partial charge on any atom is 0.270 e. The van der Waals surface area contributed by atoms with E-state index in [9.17, 15) is 4.79 Å². The largest absolute Gasteiger partial charge is 0.381 e. The van der Waals surface area contributed by atoms with Crippen molar-refractivity contribution in [2.24, 2.45) is 0 Å². The fraction of sp³-hybridized carbons (Fsp3) is 0.571. The smallest absolute Gasteiger partial charge is 0.270 e. The van der Waals surface area contributed by atoms with E-state index in [2.05, 4.69) is 22.5 Å². The monoisotopic (exact) mass is 263 g/mol. The fourth-order valence-corrected chi connectivity index (χ4v) is 2.05. The second-order valence-corrected chi connectivity index (χ2v) is 4.83. The molecule has 0 bridgehead atoms. The quantitative estimate of drug-likeness (QED) is 0.821. The van der Waals surface area contributed by atoms with Crippen LogP contribution < -0.4 is 10.6 Å². The third-order valence-electron chi connectivity index (χ3n) is 3.30. The average Bonchev–Trinajstić information content (AvgIpc) is 2.40. The summed E-state index contributed by atoms with van der Waals surface area (Å²) in [4.78, 5) is 16.3. The Morgan fingerprint density at radius 3 is 2.95 bits per heavy atom. The van der Waals surface area contributed by atoms with Crippen LogP contribution >= 0.6 is 0 Å². The molecule has 19 heavy (non-hydrogen) atoms. The van der Waals surface area contributed by atoms with Crippen molar-refractivity contribution in [3.63, 3.8) is 0 Å². The first-order valence-corrected chi connectivity index (χ1v) is 6.77. The number of aromatic nitrogens is 1. The molecule has 0 atom stereocenters. The number of hydrogen-bond acceptors (Lipinski definition) is 4. The Morgan fingerprint density at radius 2 is 2.26 bits per heavy atom. The van der Waals surface area contributed by atoms with Crippen LogP contribution in [0.15, 0.2) is 18.2 Å². The van der Waals surface area contributed by atoms with E-state index >= 15 is 0 Å². The molecule has 1 aliphatic carbocycles. The number of nitrogens with one attached hydrogen (secondary N) is 2. The van der Waals surface area contributed by atoms with Gasteiger partial charge >= 0.3 is 0 Å². The Morgan fingerprint density at radius 1 is 1.47 bits per heavy atom. The van der Waals surface area contributed by atoms with Gasteiger partial charge in [-0.15, -0.1) is 0 Å². The SMILES string of the molecule is CCCNc1cccc(C(=O)NC2CC(OC)C2)n1. The maximum absolute atomic E-state index is 12.0. The number of pyridine rings is 1. The minimum atomic E-state index is -0.111. The summed E-state index contributed by atoms with van der Waals surface area (Å²) in [5.74, 6) is 0.637. The molecule has 1 saturated carbocycles. The first-order valence-electron chi connectivity index (χ1n) is 6.77. The van der Waals surface area contributed by atoms with Gasteiger partial charge < -0.3 is 15.4 Å². The molecule has 1 amide bonds. The summed E-state index contributed by atoms with van der Waals surface area (Å²) in [6.07, 6.45) is 3.08. The summed E-state index contributed by atoms with van der Waals surface area (Å²) >= 11 is 0. The third-order valence-corrected chi connectivity index (χ3v) is 3.30. The van der Waals surface area contributed by atoms with E-state index < -0.39 is 0 Å². The summed E-state index contributed by atoms with van der Waals surface area (Å²) in [7, 11) is 1.70. The number of carbonyl (C=O) groups excluding carboxylic acids is 1. The molecule has 2 N–H and O–H groups in total. The summed E-state index contributed by atoms with van der Waals surface area (Å²) in [5, 5.41) is 6.15. The lowest BCUT2D eigenvalue weighted by Crippen LogP contribution is -2.47. The molecule has 1 fully saturated rings. The van der Waals surface area contributed by atoms with Gasteiger partial charge in [-0.25, -0.2) is 4.98 Å². The van der Waals surface area contributed by atoms with E-state index in [1.807, 2.05) is 12.1 Å². The Hall–Kier alpha value is -1.62. The fourth-order valence-electron chi connectivity index (χ4n) is 2.05. The average molecular weight is 263 g/mol. The molecule has 0 aliphatic heterocycles. The van der Waals surface area contributed by atoms with Gasteiger partial charge in [-0.2, -0.15) is 0 Å². The van der Waals surface area contributed by atoms with Crippen LogP contribution in [0.3, 0.4) is 0 Å². The van der Waals surface area contributed by atoms with Crippen molar-refractivity contribution in [2.45, 2.75) is 38.3 Å². The summed E-state index contributed by atoms with van der Waals surface area (Å²) < 4.78 is 5.19. The van der Waals surface area contributed by atoms with Crippen molar-refractivity contribution in [1.82, 2.24) is 10.3 Å². The van der Waals surface area contributed by atoms with Gasteiger partial charge in [0.25, 0.3) is 5.91 Å². The second-order valence-electron chi connectivity index (χ2n) is 4.83. The maximum atomic E-state index is 12.0.